The fourth-order valence-electron chi connectivity index (χ4n) is 3.19. The predicted octanol–water partition coefficient (Wildman–Crippen LogP) is 1.79. The molecule has 1 aromatic carbocycles. The standard InChI is InChI=1S/C16H22N4/c1-12-9-14(19(2)18-12)11-20-8-7-13-5-3-4-6-15(13)16(20)10-17/h3-6,9,16H,7-8,10-11,17H2,1-2H3. The van der Waals surface area contributed by atoms with E-state index in [0.29, 0.717) is 12.6 Å². The highest BCUT2D eigenvalue weighted by Gasteiger charge is 2.26. The summed E-state index contributed by atoms with van der Waals surface area (Å²) in [7, 11) is 2.01. The third-order valence-electron chi connectivity index (χ3n) is 4.21. The number of benzene rings is 1. The van der Waals surface area contributed by atoms with Crippen LogP contribution in [0.5, 0.6) is 0 Å². The van der Waals surface area contributed by atoms with E-state index in [-0.39, 0.29) is 0 Å². The molecule has 1 aliphatic rings. The van der Waals surface area contributed by atoms with Gasteiger partial charge >= 0.3 is 0 Å². The zero-order valence-electron chi connectivity index (χ0n) is 12.2. The first-order valence-corrected chi connectivity index (χ1v) is 7.20. The molecule has 2 aromatic rings. The summed E-state index contributed by atoms with van der Waals surface area (Å²) >= 11 is 0. The van der Waals surface area contributed by atoms with Crippen molar-refractivity contribution in [3.05, 3.63) is 52.8 Å². The van der Waals surface area contributed by atoms with Crippen LogP contribution in [-0.2, 0) is 20.0 Å². The minimum atomic E-state index is 0.315. The molecule has 0 aliphatic carbocycles. The maximum atomic E-state index is 6.04. The van der Waals surface area contributed by atoms with Gasteiger partial charge in [-0.3, -0.25) is 9.58 Å². The van der Waals surface area contributed by atoms with Gasteiger partial charge in [-0.1, -0.05) is 24.3 Å². The number of fused-ring (bicyclic) bond motifs is 1. The first-order valence-electron chi connectivity index (χ1n) is 7.20. The molecule has 4 heteroatoms. The Hall–Kier alpha value is -1.65. The quantitative estimate of drug-likeness (QED) is 0.925. The van der Waals surface area contributed by atoms with Crippen molar-refractivity contribution in [2.75, 3.05) is 13.1 Å². The molecule has 2 heterocycles. The zero-order chi connectivity index (χ0) is 14.1. The van der Waals surface area contributed by atoms with Crippen LogP contribution in [0.3, 0.4) is 0 Å². The first kappa shape index (κ1) is 13.3. The van der Waals surface area contributed by atoms with Crippen molar-refractivity contribution in [2.24, 2.45) is 12.8 Å². The van der Waals surface area contributed by atoms with Crippen LogP contribution in [0.15, 0.2) is 30.3 Å². The number of hydrogen-bond acceptors (Lipinski definition) is 3. The number of rotatable bonds is 3. The molecule has 4 nitrogen and oxygen atoms in total. The van der Waals surface area contributed by atoms with Crippen LogP contribution in [0.25, 0.3) is 0 Å². The van der Waals surface area contributed by atoms with Gasteiger partial charge in [-0.05, 0) is 30.5 Å². The van der Waals surface area contributed by atoms with Gasteiger partial charge < -0.3 is 5.73 Å². The van der Waals surface area contributed by atoms with Gasteiger partial charge in [0.15, 0.2) is 0 Å². The van der Waals surface area contributed by atoms with E-state index < -0.39 is 0 Å². The smallest absolute Gasteiger partial charge is 0.0597 e. The topological polar surface area (TPSA) is 47.1 Å². The summed E-state index contributed by atoms with van der Waals surface area (Å²) in [5.41, 5.74) is 11.2. The van der Waals surface area contributed by atoms with Crippen LogP contribution >= 0.6 is 0 Å². The molecule has 1 aromatic heterocycles. The molecule has 0 bridgehead atoms. The molecule has 20 heavy (non-hydrogen) atoms. The summed E-state index contributed by atoms with van der Waals surface area (Å²) in [6.07, 6.45) is 1.10. The molecule has 0 saturated carbocycles. The van der Waals surface area contributed by atoms with E-state index in [1.165, 1.54) is 16.8 Å². The largest absolute Gasteiger partial charge is 0.329 e. The molecule has 0 fully saturated rings. The van der Waals surface area contributed by atoms with Crippen molar-refractivity contribution < 1.29 is 0 Å². The van der Waals surface area contributed by atoms with E-state index >= 15 is 0 Å². The summed E-state index contributed by atoms with van der Waals surface area (Å²) in [5, 5.41) is 4.43. The minimum absolute atomic E-state index is 0.315. The zero-order valence-corrected chi connectivity index (χ0v) is 12.2. The fourth-order valence-corrected chi connectivity index (χ4v) is 3.19. The second-order valence-electron chi connectivity index (χ2n) is 5.57. The second-order valence-corrected chi connectivity index (χ2v) is 5.57. The average molecular weight is 270 g/mol. The Kier molecular flexibility index (Phi) is 3.59. The molecule has 3 rings (SSSR count). The number of aryl methyl sites for hydroxylation is 2. The lowest BCUT2D eigenvalue weighted by atomic mass is 9.92. The Morgan fingerprint density at radius 1 is 1.35 bits per heavy atom. The van der Waals surface area contributed by atoms with Gasteiger partial charge in [0.1, 0.15) is 0 Å². The maximum absolute atomic E-state index is 6.04. The van der Waals surface area contributed by atoms with Crippen LogP contribution in [0.2, 0.25) is 0 Å². The average Bonchev–Trinajstić information content (AvgIpc) is 2.76. The maximum Gasteiger partial charge on any atom is 0.0597 e. The van der Waals surface area contributed by atoms with Crippen LogP contribution < -0.4 is 5.73 Å². The van der Waals surface area contributed by atoms with Crippen molar-refractivity contribution in [2.45, 2.75) is 25.9 Å². The molecule has 0 amide bonds. The highest BCUT2D eigenvalue weighted by Crippen LogP contribution is 2.30. The Balaban J connectivity index is 1.86. The van der Waals surface area contributed by atoms with Gasteiger partial charge in [0.2, 0.25) is 0 Å². The van der Waals surface area contributed by atoms with Crippen molar-refractivity contribution in [3.8, 4) is 0 Å². The predicted molar refractivity (Wildman–Crippen MR) is 80.3 cm³/mol. The summed E-state index contributed by atoms with van der Waals surface area (Å²) in [6, 6.07) is 11.1. The van der Waals surface area contributed by atoms with Crippen LogP contribution in [0, 0.1) is 6.92 Å². The van der Waals surface area contributed by atoms with Crippen molar-refractivity contribution >= 4 is 0 Å². The normalized spacial score (nSPS) is 19.1. The second kappa shape index (κ2) is 5.38. The SMILES string of the molecule is Cc1cc(CN2CCc3ccccc3C2CN)n(C)n1. The van der Waals surface area contributed by atoms with Gasteiger partial charge in [-0.2, -0.15) is 5.10 Å². The lowest BCUT2D eigenvalue weighted by molar-refractivity contribution is 0.176. The van der Waals surface area contributed by atoms with Crippen LogP contribution in [-0.4, -0.2) is 27.8 Å². The number of nitrogens with zero attached hydrogens (tertiary/aromatic N) is 3. The first-order chi connectivity index (χ1) is 9.69. The van der Waals surface area contributed by atoms with E-state index in [9.17, 15) is 0 Å². The molecular weight excluding hydrogens is 248 g/mol. The highest BCUT2D eigenvalue weighted by molar-refractivity contribution is 5.33. The third kappa shape index (κ3) is 2.37. The van der Waals surface area contributed by atoms with Crippen LogP contribution in [0.4, 0.5) is 0 Å². The van der Waals surface area contributed by atoms with Crippen LogP contribution in [0.1, 0.15) is 28.6 Å². The highest BCUT2D eigenvalue weighted by atomic mass is 15.3. The Labute approximate surface area is 120 Å². The fraction of sp³-hybridized carbons (Fsp3) is 0.438. The number of aromatic nitrogens is 2. The molecular formula is C16H22N4. The van der Waals surface area contributed by atoms with E-state index in [2.05, 4.69) is 40.3 Å². The molecule has 1 unspecified atom stereocenters. The van der Waals surface area contributed by atoms with Gasteiger partial charge in [-0.15, -0.1) is 0 Å². The number of nitrogens with two attached hydrogens (primary N) is 1. The Morgan fingerprint density at radius 3 is 2.85 bits per heavy atom. The summed E-state index contributed by atoms with van der Waals surface area (Å²) < 4.78 is 1.98. The molecule has 0 spiro atoms. The van der Waals surface area contributed by atoms with E-state index in [1.54, 1.807) is 0 Å². The summed E-state index contributed by atoms with van der Waals surface area (Å²) in [6.45, 7) is 4.67. The summed E-state index contributed by atoms with van der Waals surface area (Å²) in [4.78, 5) is 2.47. The van der Waals surface area contributed by atoms with Gasteiger partial charge in [0, 0.05) is 32.7 Å². The molecule has 2 N–H and O–H groups in total. The Bertz CT molecular complexity index is 602. The lowest BCUT2D eigenvalue weighted by Gasteiger charge is -2.36. The van der Waals surface area contributed by atoms with Gasteiger partial charge in [0.25, 0.3) is 0 Å². The molecule has 1 atom stereocenters. The molecule has 106 valence electrons. The molecule has 0 radical (unpaired) electrons. The van der Waals surface area contributed by atoms with Gasteiger partial charge in [0.05, 0.1) is 11.4 Å². The third-order valence-corrected chi connectivity index (χ3v) is 4.21. The molecule has 0 saturated heterocycles. The summed E-state index contributed by atoms with van der Waals surface area (Å²) in [5.74, 6) is 0. The lowest BCUT2D eigenvalue weighted by Crippen LogP contribution is -2.39. The van der Waals surface area contributed by atoms with E-state index in [0.717, 1.165) is 25.2 Å². The van der Waals surface area contributed by atoms with Crippen molar-refractivity contribution in [1.29, 1.82) is 0 Å². The Morgan fingerprint density at radius 2 is 2.15 bits per heavy atom. The minimum Gasteiger partial charge on any atom is -0.329 e. The van der Waals surface area contributed by atoms with Gasteiger partial charge in [-0.25, -0.2) is 0 Å². The molecule has 1 aliphatic heterocycles. The van der Waals surface area contributed by atoms with E-state index in [4.69, 9.17) is 5.73 Å². The van der Waals surface area contributed by atoms with Crippen molar-refractivity contribution in [1.82, 2.24) is 14.7 Å². The monoisotopic (exact) mass is 270 g/mol. The van der Waals surface area contributed by atoms with Crippen molar-refractivity contribution in [3.63, 3.8) is 0 Å². The number of hydrogen-bond donors (Lipinski definition) is 1. The van der Waals surface area contributed by atoms with E-state index in [1.807, 2.05) is 18.7 Å².